The molecule has 6 bridgehead atoms. The van der Waals surface area contributed by atoms with Crippen LogP contribution in [0.15, 0.2) is 35.8 Å². The van der Waals surface area contributed by atoms with Gasteiger partial charge in [0.2, 0.25) is 5.91 Å². The number of benzene rings is 1. The molecule has 62 heavy (non-hydrogen) atoms. The molecule has 330 valence electrons. The molecule has 2 aliphatic carbocycles. The summed E-state index contributed by atoms with van der Waals surface area (Å²) in [4.78, 5) is 57.2. The van der Waals surface area contributed by atoms with Gasteiger partial charge >= 0.3 is 5.97 Å². The highest BCUT2D eigenvalue weighted by Crippen LogP contribution is 2.51. The Kier molecular flexibility index (Phi) is 11.1. The summed E-state index contributed by atoms with van der Waals surface area (Å²) < 4.78 is 20.1. The minimum absolute atomic E-state index is 0.120. The molecule has 14 nitrogen and oxygen atoms in total. The van der Waals surface area contributed by atoms with Crippen LogP contribution in [0, 0.1) is 23.2 Å². The summed E-state index contributed by atoms with van der Waals surface area (Å²) in [5, 5.41) is 8.52. The molecule has 6 atom stereocenters. The van der Waals surface area contributed by atoms with Crippen molar-refractivity contribution in [3.8, 4) is 22.5 Å². The van der Waals surface area contributed by atoms with E-state index in [9.17, 15) is 14.4 Å². The van der Waals surface area contributed by atoms with Gasteiger partial charge in [-0.05, 0) is 81.5 Å². The van der Waals surface area contributed by atoms with Crippen molar-refractivity contribution in [1.29, 1.82) is 0 Å². The number of hydrogen-bond acceptors (Lipinski definition) is 12. The van der Waals surface area contributed by atoms with Crippen molar-refractivity contribution >= 4 is 45.7 Å². The molecule has 2 N–H and O–H groups in total. The van der Waals surface area contributed by atoms with Crippen molar-refractivity contribution in [2.24, 2.45) is 23.2 Å². The largest absolute Gasteiger partial charge is 0.464 e. The molecule has 15 heteroatoms. The number of thiazole rings is 1. The third-order valence-electron chi connectivity index (χ3n) is 14.2. The Balaban J connectivity index is 1.06. The number of methoxy groups -OCH3 is 1. The van der Waals surface area contributed by atoms with Crippen LogP contribution < -0.4 is 15.6 Å². The highest BCUT2D eigenvalue weighted by atomic mass is 32.1. The first-order chi connectivity index (χ1) is 30.0. The Hall–Kier alpha value is -4.41. The number of esters is 1. The summed E-state index contributed by atoms with van der Waals surface area (Å²) >= 11 is 1.49. The maximum absolute atomic E-state index is 14.3. The third kappa shape index (κ3) is 7.92. The van der Waals surface area contributed by atoms with Gasteiger partial charge < -0.3 is 29.0 Å². The number of nitrogens with zero attached hydrogens (tertiary/aromatic N) is 6. The van der Waals surface area contributed by atoms with Crippen molar-refractivity contribution in [1.82, 2.24) is 35.2 Å². The van der Waals surface area contributed by atoms with Gasteiger partial charge in [-0.25, -0.2) is 10.4 Å². The summed E-state index contributed by atoms with van der Waals surface area (Å²) in [7, 11) is 1.74. The second-order valence-corrected chi connectivity index (χ2v) is 20.0. The number of nitrogens with one attached hydrogen (secondary N) is 2. The molecule has 0 unspecified atom stereocenters. The summed E-state index contributed by atoms with van der Waals surface area (Å²) in [5.41, 5.74) is 10.9. The van der Waals surface area contributed by atoms with Crippen LogP contribution in [0.1, 0.15) is 75.7 Å². The molecule has 4 aromatic rings. The molecule has 0 spiro atoms. The Morgan fingerprint density at radius 2 is 1.87 bits per heavy atom. The van der Waals surface area contributed by atoms with E-state index >= 15 is 0 Å². The van der Waals surface area contributed by atoms with Gasteiger partial charge in [-0.1, -0.05) is 19.9 Å². The number of amides is 2. The number of carbonyl (C=O) groups excluding carboxylic acids is 3. The molecule has 5 fully saturated rings. The molecule has 2 amide bonds. The van der Waals surface area contributed by atoms with Gasteiger partial charge in [-0.15, -0.1) is 11.3 Å². The third-order valence-corrected chi connectivity index (χ3v) is 15.1. The van der Waals surface area contributed by atoms with E-state index in [2.05, 4.69) is 82.4 Å². The number of rotatable bonds is 8. The number of ether oxygens (including phenoxy) is 3. The van der Waals surface area contributed by atoms with Crippen molar-refractivity contribution < 1.29 is 28.6 Å². The first kappa shape index (κ1) is 41.6. The monoisotopic (exact) mass is 864 g/mol. The number of cyclic esters (lactones) is 1. The molecular formula is C47H60N8O6S. The Morgan fingerprint density at radius 1 is 1.08 bits per heavy atom. The van der Waals surface area contributed by atoms with E-state index in [4.69, 9.17) is 24.2 Å². The van der Waals surface area contributed by atoms with Crippen LogP contribution in [0.2, 0.25) is 0 Å². The zero-order valence-electron chi connectivity index (χ0n) is 36.7. The Bertz CT molecular complexity index is 2360. The number of hydrazine groups is 1. The fourth-order valence-electron chi connectivity index (χ4n) is 10.5. The normalized spacial score (nSPS) is 27.1. The summed E-state index contributed by atoms with van der Waals surface area (Å²) in [6, 6.07) is 8.11. The Labute approximate surface area is 367 Å². The number of aryl methyl sites for hydroxylation is 1. The van der Waals surface area contributed by atoms with Crippen molar-refractivity contribution in [2.45, 2.75) is 97.0 Å². The van der Waals surface area contributed by atoms with E-state index in [0.29, 0.717) is 39.0 Å². The van der Waals surface area contributed by atoms with Crippen LogP contribution in [0.5, 0.6) is 0 Å². The van der Waals surface area contributed by atoms with Crippen LogP contribution in [-0.2, 0) is 48.0 Å². The summed E-state index contributed by atoms with van der Waals surface area (Å²) in [6.45, 7) is 15.1. The molecule has 7 heterocycles. The van der Waals surface area contributed by atoms with E-state index < -0.39 is 17.5 Å². The van der Waals surface area contributed by atoms with Gasteiger partial charge in [0.15, 0.2) is 0 Å². The van der Waals surface area contributed by atoms with Gasteiger partial charge in [0.05, 0.1) is 59.9 Å². The number of piperazine rings is 1. The molecule has 6 aliphatic rings. The zero-order valence-corrected chi connectivity index (χ0v) is 37.5. The number of aromatic nitrogens is 3. The lowest BCUT2D eigenvalue weighted by Crippen LogP contribution is -2.60. The number of anilines is 1. The van der Waals surface area contributed by atoms with Crippen molar-refractivity contribution in [2.75, 3.05) is 64.6 Å². The van der Waals surface area contributed by atoms with Crippen LogP contribution >= 0.6 is 11.3 Å². The first-order valence-corrected chi connectivity index (χ1v) is 23.6. The number of hydrogen-bond donors (Lipinski definition) is 2. The molecule has 0 radical (unpaired) electrons. The maximum atomic E-state index is 14.3. The SMILES string of the molecule is CCn1c(-c2cc(N3CCN(C4CC4)CC3)cnc2[C@H](C)OC)c2c3cc(ccc31)-c1csc(n1)C[C@H](NC(=O)[C@H]1[C@@H]3COC[C@@H]31)C(=O)N1CCC[C@H](N1)C(=O)OCC(C)(C)C2. The number of pyridine rings is 1. The van der Waals surface area contributed by atoms with Crippen LogP contribution in [-0.4, -0.2) is 120 Å². The smallest absolute Gasteiger partial charge is 0.324 e. The predicted molar refractivity (Wildman–Crippen MR) is 237 cm³/mol. The van der Waals surface area contributed by atoms with Crippen LogP contribution in [0.3, 0.4) is 0 Å². The topological polar surface area (TPSA) is 143 Å². The Morgan fingerprint density at radius 3 is 2.61 bits per heavy atom. The molecule has 4 aliphatic heterocycles. The first-order valence-electron chi connectivity index (χ1n) is 22.7. The number of carbonyl (C=O) groups is 3. The highest BCUT2D eigenvalue weighted by molar-refractivity contribution is 7.10. The van der Waals surface area contributed by atoms with Gasteiger partial charge in [0.25, 0.3) is 5.91 Å². The zero-order chi connectivity index (χ0) is 42.9. The lowest BCUT2D eigenvalue weighted by atomic mass is 9.84. The maximum Gasteiger partial charge on any atom is 0.324 e. The average Bonchev–Trinajstić information content (AvgIpc) is 4.11. The van der Waals surface area contributed by atoms with Crippen molar-refractivity contribution in [3.63, 3.8) is 0 Å². The molecule has 3 saturated heterocycles. The lowest BCUT2D eigenvalue weighted by molar-refractivity contribution is -0.155. The van der Waals surface area contributed by atoms with Crippen LogP contribution in [0.4, 0.5) is 5.69 Å². The molecular weight excluding hydrogens is 805 g/mol. The van der Waals surface area contributed by atoms with Gasteiger partial charge in [0, 0.05) is 97.6 Å². The van der Waals surface area contributed by atoms with E-state index in [-0.39, 0.29) is 54.7 Å². The highest BCUT2D eigenvalue weighted by Gasteiger charge is 2.58. The quantitative estimate of drug-likeness (QED) is 0.221. The standard InChI is InChI=1S/C47H60N8O6S/c1-6-54-39-12-9-28-18-31(39)33(43(54)32-19-30(22-48-42(32)27(2)59-5)53-16-14-52(15-17-53)29-10-11-29)21-47(3,4)26-61-46(58)36-8-7-13-55(51-36)45(57)37(20-40-49-38(28)25-62-40)50-44(56)41-34-23-60-24-35(34)41/h9,12,18-19,22,25,27,29,34-37,41,51H,6-8,10-11,13-17,20-21,23-24,26H2,1-5H3,(H,50,56)/t27-,34-,35+,36-,37-,41+/m0/s1. The lowest BCUT2D eigenvalue weighted by Gasteiger charge is -2.36. The molecule has 2 saturated carbocycles. The second kappa shape index (κ2) is 16.6. The van der Waals surface area contributed by atoms with E-state index in [0.717, 1.165) is 94.1 Å². The minimum atomic E-state index is -0.853. The molecule has 3 aromatic heterocycles. The predicted octanol–water partition coefficient (Wildman–Crippen LogP) is 5.38. The fourth-order valence-corrected chi connectivity index (χ4v) is 11.3. The summed E-state index contributed by atoms with van der Waals surface area (Å²) in [6.07, 6.45) is 6.42. The molecule has 10 rings (SSSR count). The van der Waals surface area contributed by atoms with Gasteiger partial charge in [-0.3, -0.25) is 29.3 Å². The molecule has 1 aromatic carbocycles. The average molecular weight is 865 g/mol. The number of fused-ring (bicyclic) bond motifs is 7. The van der Waals surface area contributed by atoms with Gasteiger partial charge in [0.1, 0.15) is 12.1 Å². The van der Waals surface area contributed by atoms with E-state index in [1.807, 2.05) is 6.20 Å². The second-order valence-electron chi connectivity index (χ2n) is 19.1. The van der Waals surface area contributed by atoms with Crippen molar-refractivity contribution in [3.05, 3.63) is 52.1 Å². The summed E-state index contributed by atoms with van der Waals surface area (Å²) in [5.74, 6) is -0.521. The fraction of sp³-hybridized carbons (Fsp3) is 0.596. The minimum Gasteiger partial charge on any atom is -0.464 e. The van der Waals surface area contributed by atoms with E-state index in [1.54, 1.807) is 7.11 Å². The van der Waals surface area contributed by atoms with E-state index in [1.165, 1.54) is 29.2 Å². The van der Waals surface area contributed by atoms with Crippen LogP contribution in [0.25, 0.3) is 33.4 Å². The van der Waals surface area contributed by atoms with Gasteiger partial charge in [-0.2, -0.15) is 0 Å².